The highest BCUT2D eigenvalue weighted by Crippen LogP contribution is 2.26. The molecule has 0 unspecified atom stereocenters. The number of anilines is 1. The van der Waals surface area contributed by atoms with Crippen molar-refractivity contribution in [2.75, 3.05) is 11.9 Å². The third-order valence-corrected chi connectivity index (χ3v) is 2.32. The van der Waals surface area contributed by atoms with E-state index in [1.165, 1.54) is 6.07 Å². The molecule has 0 aliphatic heterocycles. The van der Waals surface area contributed by atoms with E-state index in [1.54, 1.807) is 0 Å². The molecule has 4 heteroatoms. The number of halogens is 3. The fraction of sp³-hybridized carbons (Fsp3) is 0.400. The Balaban J connectivity index is 2.86. The lowest BCUT2D eigenvalue weighted by Gasteiger charge is -2.11. The van der Waals surface area contributed by atoms with Crippen LogP contribution in [0.25, 0.3) is 0 Å². The smallest absolute Gasteiger partial charge is 0.150 e. The van der Waals surface area contributed by atoms with Gasteiger partial charge < -0.3 is 5.32 Å². The second-order valence-electron chi connectivity index (χ2n) is 3.52. The molecule has 1 aromatic rings. The van der Waals surface area contributed by atoms with Crippen molar-refractivity contribution in [1.29, 1.82) is 0 Å². The molecule has 0 spiro atoms. The van der Waals surface area contributed by atoms with Crippen LogP contribution >= 0.6 is 15.9 Å². The van der Waals surface area contributed by atoms with Crippen LogP contribution in [0.1, 0.15) is 13.8 Å². The molecule has 1 aromatic carbocycles. The fourth-order valence-electron chi connectivity index (χ4n) is 1.02. The highest BCUT2D eigenvalue weighted by atomic mass is 79.9. The van der Waals surface area contributed by atoms with E-state index in [2.05, 4.69) is 21.2 Å². The van der Waals surface area contributed by atoms with Gasteiger partial charge in [0.25, 0.3) is 0 Å². The maximum absolute atomic E-state index is 13.2. The number of hydrogen-bond acceptors (Lipinski definition) is 1. The molecule has 0 bridgehead atoms. The Morgan fingerprint density at radius 2 is 2.00 bits per heavy atom. The summed E-state index contributed by atoms with van der Waals surface area (Å²) in [7, 11) is 0. The van der Waals surface area contributed by atoms with Crippen LogP contribution in [-0.4, -0.2) is 6.54 Å². The zero-order valence-electron chi connectivity index (χ0n) is 8.07. The molecule has 0 fully saturated rings. The first kappa shape index (κ1) is 11.4. The molecule has 0 aliphatic rings. The van der Waals surface area contributed by atoms with Crippen LogP contribution in [0.2, 0.25) is 0 Å². The molecule has 0 amide bonds. The molecule has 0 aliphatic carbocycles. The van der Waals surface area contributed by atoms with Crippen molar-refractivity contribution < 1.29 is 8.78 Å². The number of nitrogens with one attached hydrogen (secondary N) is 1. The van der Waals surface area contributed by atoms with Gasteiger partial charge in [-0.3, -0.25) is 0 Å². The van der Waals surface area contributed by atoms with Crippen molar-refractivity contribution in [2.24, 2.45) is 5.92 Å². The van der Waals surface area contributed by atoms with Gasteiger partial charge in [-0.15, -0.1) is 0 Å². The van der Waals surface area contributed by atoms with E-state index in [-0.39, 0.29) is 0 Å². The predicted octanol–water partition coefficient (Wildman–Crippen LogP) is 3.80. The van der Waals surface area contributed by atoms with Crippen molar-refractivity contribution in [3.8, 4) is 0 Å². The van der Waals surface area contributed by atoms with Crippen molar-refractivity contribution in [3.63, 3.8) is 0 Å². The highest BCUT2D eigenvalue weighted by Gasteiger charge is 2.09. The first-order chi connectivity index (χ1) is 6.50. The van der Waals surface area contributed by atoms with Crippen LogP contribution < -0.4 is 5.32 Å². The third kappa shape index (κ3) is 2.94. The van der Waals surface area contributed by atoms with Crippen molar-refractivity contribution in [1.82, 2.24) is 0 Å². The lowest BCUT2D eigenvalue weighted by molar-refractivity contribution is 0.581. The van der Waals surface area contributed by atoms with Gasteiger partial charge in [-0.1, -0.05) is 13.8 Å². The second kappa shape index (κ2) is 4.73. The van der Waals surface area contributed by atoms with Gasteiger partial charge in [0.1, 0.15) is 11.6 Å². The Kier molecular flexibility index (Phi) is 3.86. The average molecular weight is 264 g/mol. The van der Waals surface area contributed by atoms with Crippen molar-refractivity contribution >= 4 is 21.6 Å². The summed E-state index contributed by atoms with van der Waals surface area (Å²) < 4.78 is 26.4. The van der Waals surface area contributed by atoms with E-state index >= 15 is 0 Å². The summed E-state index contributed by atoms with van der Waals surface area (Å²) in [6.45, 7) is 4.69. The summed E-state index contributed by atoms with van der Waals surface area (Å²) in [5, 5.41) is 2.92. The molecule has 1 rings (SSSR count). The van der Waals surface area contributed by atoms with E-state index in [9.17, 15) is 8.78 Å². The molecule has 14 heavy (non-hydrogen) atoms. The first-order valence-electron chi connectivity index (χ1n) is 4.39. The van der Waals surface area contributed by atoms with Gasteiger partial charge in [-0.2, -0.15) is 0 Å². The summed E-state index contributed by atoms with van der Waals surface area (Å²) >= 11 is 3.11. The van der Waals surface area contributed by atoms with E-state index in [0.717, 1.165) is 6.07 Å². The van der Waals surface area contributed by atoms with E-state index < -0.39 is 11.6 Å². The Morgan fingerprint density at radius 1 is 1.36 bits per heavy atom. The van der Waals surface area contributed by atoms with E-state index in [0.29, 0.717) is 22.6 Å². The second-order valence-corrected chi connectivity index (χ2v) is 4.37. The Morgan fingerprint density at radius 3 is 2.50 bits per heavy atom. The van der Waals surface area contributed by atoms with Crippen molar-refractivity contribution in [2.45, 2.75) is 13.8 Å². The summed E-state index contributed by atoms with van der Waals surface area (Å²) in [5.74, 6) is -0.742. The molecular weight excluding hydrogens is 252 g/mol. The molecule has 0 saturated heterocycles. The molecular formula is C10H12BrF2N. The zero-order valence-corrected chi connectivity index (χ0v) is 9.66. The van der Waals surface area contributed by atoms with Crippen LogP contribution in [0.15, 0.2) is 16.6 Å². The Labute approximate surface area is 90.6 Å². The highest BCUT2D eigenvalue weighted by molar-refractivity contribution is 9.10. The van der Waals surface area contributed by atoms with Crippen LogP contribution in [0.3, 0.4) is 0 Å². The summed E-state index contributed by atoms with van der Waals surface area (Å²) in [6, 6.07) is 2.11. The minimum Gasteiger partial charge on any atom is -0.382 e. The van der Waals surface area contributed by atoms with Crippen LogP contribution in [0.4, 0.5) is 14.5 Å². The largest absolute Gasteiger partial charge is 0.382 e. The number of benzene rings is 1. The molecule has 1 nitrogen and oxygen atoms in total. The topological polar surface area (TPSA) is 12.0 Å². The average Bonchev–Trinajstić information content (AvgIpc) is 2.01. The Bertz CT molecular complexity index is 303. The Hall–Kier alpha value is -0.640. The lowest BCUT2D eigenvalue weighted by atomic mass is 10.2. The summed E-state index contributed by atoms with van der Waals surface area (Å²) in [6.07, 6.45) is 0. The number of hydrogen-bond donors (Lipinski definition) is 1. The molecule has 0 saturated carbocycles. The zero-order chi connectivity index (χ0) is 10.7. The summed E-state index contributed by atoms with van der Waals surface area (Å²) in [4.78, 5) is 0. The monoisotopic (exact) mass is 263 g/mol. The van der Waals surface area contributed by atoms with Gasteiger partial charge in [0.05, 0.1) is 5.69 Å². The van der Waals surface area contributed by atoms with Gasteiger partial charge in [0.2, 0.25) is 0 Å². The van der Waals surface area contributed by atoms with Gasteiger partial charge >= 0.3 is 0 Å². The minimum atomic E-state index is -0.579. The normalized spacial score (nSPS) is 10.7. The van der Waals surface area contributed by atoms with E-state index in [4.69, 9.17) is 0 Å². The molecule has 0 heterocycles. The van der Waals surface area contributed by atoms with E-state index in [1.807, 2.05) is 13.8 Å². The fourth-order valence-corrected chi connectivity index (χ4v) is 1.57. The van der Waals surface area contributed by atoms with Crippen LogP contribution in [0, 0.1) is 17.6 Å². The van der Waals surface area contributed by atoms with Crippen LogP contribution in [-0.2, 0) is 0 Å². The van der Waals surface area contributed by atoms with Crippen molar-refractivity contribution in [3.05, 3.63) is 28.2 Å². The quantitative estimate of drug-likeness (QED) is 0.875. The SMILES string of the molecule is CC(C)CNc1c(F)cc(F)cc1Br. The third-order valence-electron chi connectivity index (χ3n) is 1.69. The molecule has 1 N–H and O–H groups in total. The maximum atomic E-state index is 13.2. The molecule has 0 atom stereocenters. The van der Waals surface area contributed by atoms with Crippen LogP contribution in [0.5, 0.6) is 0 Å². The molecule has 78 valence electrons. The number of rotatable bonds is 3. The van der Waals surface area contributed by atoms with Gasteiger partial charge in [-0.25, -0.2) is 8.78 Å². The standard InChI is InChI=1S/C10H12BrF2N/c1-6(2)5-14-10-8(11)3-7(12)4-9(10)13/h3-4,6,14H,5H2,1-2H3. The van der Waals surface area contributed by atoms with Gasteiger partial charge in [-0.05, 0) is 27.9 Å². The van der Waals surface area contributed by atoms with Gasteiger partial charge in [0, 0.05) is 17.1 Å². The maximum Gasteiger partial charge on any atom is 0.150 e. The first-order valence-corrected chi connectivity index (χ1v) is 5.18. The minimum absolute atomic E-state index is 0.320. The molecule has 0 radical (unpaired) electrons. The molecule has 0 aromatic heterocycles. The predicted molar refractivity (Wildman–Crippen MR) is 57.4 cm³/mol. The lowest BCUT2D eigenvalue weighted by Crippen LogP contribution is -2.09. The summed E-state index contributed by atoms with van der Waals surface area (Å²) in [5.41, 5.74) is 0.320. The van der Waals surface area contributed by atoms with Gasteiger partial charge in [0.15, 0.2) is 0 Å².